The first-order valence-corrected chi connectivity index (χ1v) is 7.05. The fourth-order valence-corrected chi connectivity index (χ4v) is 2.82. The van der Waals surface area contributed by atoms with E-state index in [0.29, 0.717) is 5.69 Å². The van der Waals surface area contributed by atoms with Crippen LogP contribution in [0.25, 0.3) is 0 Å². The van der Waals surface area contributed by atoms with Crippen LogP contribution >= 0.6 is 11.6 Å². The maximum absolute atomic E-state index is 12.0. The third kappa shape index (κ3) is 2.70. The SMILES string of the molecule is CC1(C)C(NC(=O)Nc2ccc(Cl)c(C(=O)O)c2)C1(C)C. The maximum Gasteiger partial charge on any atom is 0.337 e. The standard InChI is InChI=1S/C15H19ClN2O3/c1-14(2)12(15(14,3)4)18-13(21)17-8-5-6-10(16)9(7-8)11(19)20/h5-7,12H,1-4H3,(H,19,20)(H2,17,18,21). The number of benzene rings is 1. The fourth-order valence-electron chi connectivity index (χ4n) is 2.62. The normalized spacial score (nSPS) is 18.9. The third-order valence-electron chi connectivity index (χ3n) is 4.75. The highest BCUT2D eigenvalue weighted by Gasteiger charge is 2.65. The number of carbonyl (C=O) groups is 2. The van der Waals surface area contributed by atoms with Gasteiger partial charge in [0.05, 0.1) is 10.6 Å². The van der Waals surface area contributed by atoms with Crippen LogP contribution in [0.1, 0.15) is 38.1 Å². The highest BCUT2D eigenvalue weighted by atomic mass is 35.5. The minimum absolute atomic E-state index is 0.0383. The molecule has 0 saturated heterocycles. The quantitative estimate of drug-likeness (QED) is 0.798. The summed E-state index contributed by atoms with van der Waals surface area (Å²) < 4.78 is 0. The Labute approximate surface area is 128 Å². The molecule has 1 saturated carbocycles. The first-order chi connectivity index (χ1) is 9.57. The van der Waals surface area contributed by atoms with Gasteiger partial charge in [-0.05, 0) is 29.0 Å². The van der Waals surface area contributed by atoms with Crippen molar-refractivity contribution in [2.24, 2.45) is 10.8 Å². The monoisotopic (exact) mass is 310 g/mol. The fraction of sp³-hybridized carbons (Fsp3) is 0.467. The minimum Gasteiger partial charge on any atom is -0.478 e. The number of urea groups is 1. The van der Waals surface area contributed by atoms with Gasteiger partial charge in [0, 0.05) is 11.7 Å². The molecule has 1 aliphatic rings. The molecule has 3 N–H and O–H groups in total. The molecule has 1 aromatic carbocycles. The molecule has 6 heteroatoms. The van der Waals surface area contributed by atoms with E-state index in [2.05, 4.69) is 38.3 Å². The summed E-state index contributed by atoms with van der Waals surface area (Å²) in [6.45, 7) is 8.40. The Morgan fingerprint density at radius 3 is 2.24 bits per heavy atom. The van der Waals surface area contributed by atoms with E-state index in [1.807, 2.05) is 0 Å². The zero-order valence-electron chi connectivity index (χ0n) is 12.5. The minimum atomic E-state index is -1.13. The van der Waals surface area contributed by atoms with E-state index < -0.39 is 5.97 Å². The van der Waals surface area contributed by atoms with Crippen LogP contribution in [0.3, 0.4) is 0 Å². The van der Waals surface area contributed by atoms with Gasteiger partial charge < -0.3 is 15.7 Å². The Morgan fingerprint density at radius 2 is 1.76 bits per heavy atom. The van der Waals surface area contributed by atoms with E-state index in [1.165, 1.54) is 12.1 Å². The molecule has 2 amide bonds. The summed E-state index contributed by atoms with van der Waals surface area (Å²) in [5, 5.41) is 14.7. The molecule has 1 aliphatic carbocycles. The van der Waals surface area contributed by atoms with Crippen molar-refractivity contribution in [3.63, 3.8) is 0 Å². The highest BCUT2D eigenvalue weighted by Crippen LogP contribution is 2.62. The van der Waals surface area contributed by atoms with Crippen molar-refractivity contribution in [1.82, 2.24) is 5.32 Å². The summed E-state index contributed by atoms with van der Waals surface area (Å²) in [5.74, 6) is -1.13. The van der Waals surface area contributed by atoms with Gasteiger partial charge in [-0.2, -0.15) is 0 Å². The van der Waals surface area contributed by atoms with Crippen LogP contribution < -0.4 is 10.6 Å². The number of amides is 2. The predicted octanol–water partition coefficient (Wildman–Crippen LogP) is 3.59. The van der Waals surface area contributed by atoms with Crippen molar-refractivity contribution in [2.45, 2.75) is 33.7 Å². The summed E-state index contributed by atoms with van der Waals surface area (Å²) in [6, 6.07) is 4.09. The van der Waals surface area contributed by atoms with E-state index in [9.17, 15) is 9.59 Å². The van der Waals surface area contributed by atoms with Crippen LogP contribution in [0.5, 0.6) is 0 Å². The van der Waals surface area contributed by atoms with Gasteiger partial charge in [-0.3, -0.25) is 0 Å². The van der Waals surface area contributed by atoms with Crippen molar-refractivity contribution in [3.8, 4) is 0 Å². The van der Waals surface area contributed by atoms with Gasteiger partial charge in [0.25, 0.3) is 0 Å². The Kier molecular flexibility index (Phi) is 3.66. The number of anilines is 1. The van der Waals surface area contributed by atoms with E-state index in [4.69, 9.17) is 16.7 Å². The first kappa shape index (κ1) is 15.6. The van der Waals surface area contributed by atoms with Crippen LogP contribution in [0.2, 0.25) is 5.02 Å². The van der Waals surface area contributed by atoms with Gasteiger partial charge in [-0.25, -0.2) is 9.59 Å². The summed E-state index contributed by atoms with van der Waals surface area (Å²) in [4.78, 5) is 23.0. The second-order valence-corrected chi connectivity index (χ2v) is 6.88. The van der Waals surface area contributed by atoms with E-state index in [1.54, 1.807) is 6.07 Å². The molecule has 0 atom stereocenters. The van der Waals surface area contributed by atoms with Gasteiger partial charge in [0.2, 0.25) is 0 Å². The average molecular weight is 311 g/mol. The number of hydrogen-bond donors (Lipinski definition) is 3. The summed E-state index contributed by atoms with van der Waals surface area (Å²) >= 11 is 5.79. The van der Waals surface area contributed by atoms with E-state index >= 15 is 0 Å². The van der Waals surface area contributed by atoms with Gasteiger partial charge >= 0.3 is 12.0 Å². The Balaban J connectivity index is 2.05. The number of carboxylic acids is 1. The number of carboxylic acid groups (broad SMARTS) is 1. The van der Waals surface area contributed by atoms with Gasteiger partial charge in [-0.1, -0.05) is 39.3 Å². The molecule has 0 heterocycles. The second-order valence-electron chi connectivity index (χ2n) is 6.47. The Hall–Kier alpha value is -1.75. The molecule has 0 aliphatic heterocycles. The zero-order chi connectivity index (χ0) is 16.0. The van der Waals surface area contributed by atoms with Gasteiger partial charge in [0.1, 0.15) is 0 Å². The van der Waals surface area contributed by atoms with Crippen molar-refractivity contribution >= 4 is 29.3 Å². The number of nitrogens with one attached hydrogen (secondary N) is 2. The molecule has 0 unspecified atom stereocenters. The van der Waals surface area contributed by atoms with Crippen LogP contribution in [0, 0.1) is 10.8 Å². The largest absolute Gasteiger partial charge is 0.478 e. The highest BCUT2D eigenvalue weighted by molar-refractivity contribution is 6.33. The topological polar surface area (TPSA) is 78.4 Å². The average Bonchev–Trinajstić information content (AvgIpc) is 2.74. The molecule has 1 aromatic rings. The first-order valence-electron chi connectivity index (χ1n) is 6.67. The van der Waals surface area contributed by atoms with Crippen molar-refractivity contribution in [1.29, 1.82) is 0 Å². The maximum atomic E-state index is 12.0. The molecule has 21 heavy (non-hydrogen) atoms. The molecule has 2 rings (SSSR count). The molecular formula is C15H19ClN2O3. The summed E-state index contributed by atoms with van der Waals surface area (Å²) in [7, 11) is 0. The number of carbonyl (C=O) groups excluding carboxylic acids is 1. The number of halogens is 1. The lowest BCUT2D eigenvalue weighted by Gasteiger charge is -2.10. The van der Waals surface area contributed by atoms with E-state index in [0.717, 1.165) is 0 Å². The predicted molar refractivity (Wildman–Crippen MR) is 81.9 cm³/mol. The van der Waals surface area contributed by atoms with Crippen LogP contribution in [-0.4, -0.2) is 23.1 Å². The van der Waals surface area contributed by atoms with Gasteiger partial charge in [-0.15, -0.1) is 0 Å². The zero-order valence-corrected chi connectivity index (χ0v) is 13.2. The molecular weight excluding hydrogens is 292 g/mol. The Bertz CT molecular complexity index is 597. The number of aromatic carboxylic acids is 1. The lowest BCUT2D eigenvalue weighted by atomic mass is 10.0. The number of rotatable bonds is 3. The molecule has 5 nitrogen and oxygen atoms in total. The molecule has 0 aromatic heterocycles. The smallest absolute Gasteiger partial charge is 0.337 e. The van der Waals surface area contributed by atoms with Crippen LogP contribution in [-0.2, 0) is 0 Å². The molecule has 0 radical (unpaired) electrons. The molecule has 1 fully saturated rings. The number of hydrogen-bond acceptors (Lipinski definition) is 2. The molecule has 0 spiro atoms. The molecule has 0 bridgehead atoms. The third-order valence-corrected chi connectivity index (χ3v) is 5.08. The lowest BCUT2D eigenvalue weighted by molar-refractivity contribution is 0.0697. The summed E-state index contributed by atoms with van der Waals surface area (Å²) in [5.41, 5.74) is 0.430. The van der Waals surface area contributed by atoms with Crippen LogP contribution in [0.15, 0.2) is 18.2 Å². The van der Waals surface area contributed by atoms with Crippen molar-refractivity contribution < 1.29 is 14.7 Å². The lowest BCUT2D eigenvalue weighted by Crippen LogP contribution is -2.33. The van der Waals surface area contributed by atoms with Gasteiger partial charge in [0.15, 0.2) is 0 Å². The van der Waals surface area contributed by atoms with Crippen LogP contribution in [0.4, 0.5) is 10.5 Å². The van der Waals surface area contributed by atoms with E-state index in [-0.39, 0.29) is 33.5 Å². The van der Waals surface area contributed by atoms with Crippen molar-refractivity contribution in [3.05, 3.63) is 28.8 Å². The molecule has 114 valence electrons. The van der Waals surface area contributed by atoms with Crippen molar-refractivity contribution in [2.75, 3.05) is 5.32 Å². The second kappa shape index (κ2) is 4.91. The Morgan fingerprint density at radius 1 is 1.19 bits per heavy atom. The summed E-state index contributed by atoms with van der Waals surface area (Å²) in [6.07, 6.45) is 0.